The van der Waals surface area contributed by atoms with E-state index in [4.69, 9.17) is 4.74 Å². The van der Waals surface area contributed by atoms with Gasteiger partial charge in [0, 0.05) is 17.8 Å². The van der Waals surface area contributed by atoms with E-state index in [0.29, 0.717) is 0 Å². The van der Waals surface area contributed by atoms with Crippen molar-refractivity contribution < 1.29 is 4.74 Å². The lowest BCUT2D eigenvalue weighted by molar-refractivity contribution is 0.401. The van der Waals surface area contributed by atoms with Crippen LogP contribution >= 0.6 is 9.39 Å². The molecule has 1 unspecified atom stereocenters. The van der Waals surface area contributed by atoms with Gasteiger partial charge >= 0.3 is 0 Å². The Morgan fingerprint density at radius 1 is 1.54 bits per heavy atom. The Morgan fingerprint density at radius 3 is 2.92 bits per heavy atom. The van der Waals surface area contributed by atoms with Crippen LogP contribution in [0.4, 0.5) is 0 Å². The van der Waals surface area contributed by atoms with Crippen molar-refractivity contribution in [2.45, 2.75) is 0 Å². The van der Waals surface area contributed by atoms with Gasteiger partial charge in [-0.15, -0.1) is 0 Å². The van der Waals surface area contributed by atoms with E-state index in [1.54, 1.807) is 17.8 Å². The third kappa shape index (κ3) is 1.58. The van der Waals surface area contributed by atoms with Gasteiger partial charge in [-0.3, -0.25) is 4.45 Å². The first-order valence-corrected chi connectivity index (χ1v) is 4.34. The highest BCUT2D eigenvalue weighted by atomic mass is 31.0. The van der Waals surface area contributed by atoms with E-state index in [-0.39, 0.29) is 0 Å². The van der Waals surface area contributed by atoms with Gasteiger partial charge in [-0.2, -0.15) is 5.10 Å². The first-order chi connectivity index (χ1) is 6.29. The zero-order valence-electron chi connectivity index (χ0n) is 7.19. The normalized spacial score (nSPS) is 10.3. The lowest BCUT2D eigenvalue weighted by atomic mass is 10.3. The molecule has 5 heteroatoms. The van der Waals surface area contributed by atoms with Crippen LogP contribution in [0.5, 0.6) is 5.88 Å². The Labute approximate surface area is 78.2 Å². The average molecular weight is 195 g/mol. The Bertz CT molecular complexity index is 407. The topological polar surface area (TPSA) is 42.8 Å². The molecular formula is C8H10N3OP. The average Bonchev–Trinajstić information content (AvgIpc) is 2.71. The summed E-state index contributed by atoms with van der Waals surface area (Å²) in [5.41, 5.74) is 2.05. The van der Waals surface area contributed by atoms with Crippen LogP contribution < -0.4 is 4.74 Å². The molecule has 1 N–H and O–H groups in total. The molecule has 2 heterocycles. The fraction of sp³-hybridized carbons (Fsp3) is 0.125. The molecule has 0 aliphatic heterocycles. The number of hydrogen-bond acceptors (Lipinski definition) is 2. The van der Waals surface area contributed by atoms with Crippen molar-refractivity contribution in [2.75, 3.05) is 7.11 Å². The molecule has 0 aromatic carbocycles. The predicted molar refractivity (Wildman–Crippen MR) is 53.7 cm³/mol. The van der Waals surface area contributed by atoms with Gasteiger partial charge in [0.1, 0.15) is 0 Å². The molecule has 4 nitrogen and oxygen atoms in total. The van der Waals surface area contributed by atoms with E-state index in [1.807, 2.05) is 18.3 Å². The van der Waals surface area contributed by atoms with Gasteiger partial charge in [0.2, 0.25) is 0 Å². The highest BCUT2D eigenvalue weighted by Gasteiger charge is 2.02. The number of nitrogens with zero attached hydrogens (tertiary/aromatic N) is 2. The summed E-state index contributed by atoms with van der Waals surface area (Å²) in [6.45, 7) is 0. The lowest BCUT2D eigenvalue weighted by Crippen LogP contribution is -1.81. The number of aromatic nitrogens is 3. The number of ether oxygens (including phenoxy) is 1. The molecule has 0 radical (unpaired) electrons. The summed E-state index contributed by atoms with van der Waals surface area (Å²) in [5, 5.41) is 4.05. The molecule has 2 aromatic rings. The zero-order valence-corrected chi connectivity index (χ0v) is 8.34. The second-order valence-electron chi connectivity index (χ2n) is 2.65. The SMILES string of the molecule is COc1ccc(-c2cnn(P)c2)[nH]1. The Balaban J connectivity index is 2.35. The number of nitrogens with one attached hydrogen (secondary N) is 1. The number of hydrogen-bond donors (Lipinski definition) is 1. The summed E-state index contributed by atoms with van der Waals surface area (Å²) >= 11 is 0. The highest BCUT2D eigenvalue weighted by Crippen LogP contribution is 2.21. The molecule has 0 amide bonds. The minimum absolute atomic E-state index is 0.756. The van der Waals surface area contributed by atoms with E-state index in [1.165, 1.54) is 0 Å². The molecule has 0 fully saturated rings. The molecule has 0 aliphatic carbocycles. The van der Waals surface area contributed by atoms with Crippen LogP contribution in [0.2, 0.25) is 0 Å². The summed E-state index contributed by atoms with van der Waals surface area (Å²) in [5.74, 6) is 0.756. The fourth-order valence-electron chi connectivity index (χ4n) is 1.14. The summed E-state index contributed by atoms with van der Waals surface area (Å²) in [6, 6.07) is 3.84. The van der Waals surface area contributed by atoms with E-state index < -0.39 is 0 Å². The van der Waals surface area contributed by atoms with Crippen LogP contribution in [0.15, 0.2) is 24.5 Å². The summed E-state index contributed by atoms with van der Waals surface area (Å²) in [6.07, 6.45) is 3.70. The third-order valence-electron chi connectivity index (χ3n) is 1.79. The maximum Gasteiger partial charge on any atom is 0.190 e. The number of rotatable bonds is 2. The maximum atomic E-state index is 5.04. The summed E-state index contributed by atoms with van der Waals surface area (Å²) < 4.78 is 6.72. The molecular weight excluding hydrogens is 185 g/mol. The first-order valence-electron chi connectivity index (χ1n) is 3.83. The van der Waals surface area contributed by atoms with Gasteiger partial charge in [0.15, 0.2) is 5.88 Å². The van der Waals surface area contributed by atoms with Crippen molar-refractivity contribution in [2.24, 2.45) is 0 Å². The van der Waals surface area contributed by atoms with Crippen molar-refractivity contribution in [1.82, 2.24) is 14.5 Å². The van der Waals surface area contributed by atoms with E-state index in [9.17, 15) is 0 Å². The molecule has 2 rings (SSSR count). The molecule has 0 saturated heterocycles. The zero-order chi connectivity index (χ0) is 9.26. The van der Waals surface area contributed by atoms with Crippen LogP contribution in [0.25, 0.3) is 11.3 Å². The largest absolute Gasteiger partial charge is 0.482 e. The molecule has 0 bridgehead atoms. The molecule has 68 valence electrons. The van der Waals surface area contributed by atoms with Crippen molar-refractivity contribution in [3.63, 3.8) is 0 Å². The lowest BCUT2D eigenvalue weighted by Gasteiger charge is -1.92. The quantitative estimate of drug-likeness (QED) is 0.738. The molecule has 1 atom stereocenters. The molecule has 13 heavy (non-hydrogen) atoms. The monoisotopic (exact) mass is 195 g/mol. The Hall–Kier alpha value is -1.28. The maximum absolute atomic E-state index is 5.04. The Kier molecular flexibility index (Phi) is 2.07. The minimum atomic E-state index is 0.756. The van der Waals surface area contributed by atoms with E-state index >= 15 is 0 Å². The van der Waals surface area contributed by atoms with E-state index in [0.717, 1.165) is 17.1 Å². The smallest absolute Gasteiger partial charge is 0.190 e. The number of aromatic amines is 1. The second kappa shape index (κ2) is 3.23. The third-order valence-corrected chi connectivity index (χ3v) is 2.07. The highest BCUT2D eigenvalue weighted by molar-refractivity contribution is 7.14. The molecule has 0 aliphatic rings. The van der Waals surface area contributed by atoms with Gasteiger partial charge in [-0.25, -0.2) is 0 Å². The predicted octanol–water partition coefficient (Wildman–Crippen LogP) is 1.52. The van der Waals surface area contributed by atoms with Crippen molar-refractivity contribution in [3.8, 4) is 17.1 Å². The second-order valence-corrected chi connectivity index (χ2v) is 3.18. The number of H-pyrrole nitrogens is 1. The van der Waals surface area contributed by atoms with E-state index in [2.05, 4.69) is 19.5 Å². The standard InChI is InChI=1S/C8H10N3OP/c1-12-8-3-2-7(10-8)6-4-9-11(13)5-6/h2-5,10H,13H2,1H3. The van der Waals surface area contributed by atoms with Gasteiger partial charge in [-0.1, -0.05) is 0 Å². The van der Waals surface area contributed by atoms with Crippen LogP contribution in [0.1, 0.15) is 0 Å². The van der Waals surface area contributed by atoms with Crippen LogP contribution in [-0.4, -0.2) is 21.6 Å². The van der Waals surface area contributed by atoms with Crippen LogP contribution in [-0.2, 0) is 0 Å². The number of methoxy groups -OCH3 is 1. The minimum Gasteiger partial charge on any atom is -0.482 e. The van der Waals surface area contributed by atoms with Crippen molar-refractivity contribution >= 4 is 9.39 Å². The summed E-state index contributed by atoms with van der Waals surface area (Å²) in [7, 11) is 4.11. The van der Waals surface area contributed by atoms with Crippen LogP contribution in [0, 0.1) is 0 Å². The van der Waals surface area contributed by atoms with Gasteiger partial charge in [0.25, 0.3) is 0 Å². The first kappa shape index (κ1) is 8.32. The van der Waals surface area contributed by atoms with Gasteiger partial charge in [0.05, 0.1) is 19.0 Å². The fourth-order valence-corrected chi connectivity index (χ4v) is 1.37. The Morgan fingerprint density at radius 2 is 2.38 bits per heavy atom. The van der Waals surface area contributed by atoms with Crippen LogP contribution in [0.3, 0.4) is 0 Å². The molecule has 0 spiro atoms. The molecule has 0 saturated carbocycles. The summed E-state index contributed by atoms with van der Waals surface area (Å²) in [4.78, 5) is 3.11. The van der Waals surface area contributed by atoms with Crippen molar-refractivity contribution in [1.29, 1.82) is 0 Å². The molecule has 2 aromatic heterocycles. The van der Waals surface area contributed by atoms with Gasteiger partial charge in [-0.05, 0) is 15.5 Å². The van der Waals surface area contributed by atoms with Gasteiger partial charge < -0.3 is 9.72 Å². The van der Waals surface area contributed by atoms with Crippen molar-refractivity contribution in [3.05, 3.63) is 24.5 Å².